The zero-order valence-corrected chi connectivity index (χ0v) is 8.91. The van der Waals surface area contributed by atoms with Crippen LogP contribution in [0.3, 0.4) is 0 Å². The molecule has 2 N–H and O–H groups in total. The Bertz CT molecular complexity index is 360. The van der Waals surface area contributed by atoms with E-state index in [1.54, 1.807) is 0 Å². The summed E-state index contributed by atoms with van der Waals surface area (Å²) in [7, 11) is 0. The van der Waals surface area contributed by atoms with Crippen LogP contribution in [0.4, 0.5) is 0 Å². The molecule has 1 atom stereocenters. The number of nitrogens with zero attached hydrogens (tertiary/aromatic N) is 1. The van der Waals surface area contributed by atoms with Gasteiger partial charge in [-0.2, -0.15) is 0 Å². The lowest BCUT2D eigenvalue weighted by Crippen LogP contribution is -2.53. The number of carboxylic acids is 1. The molecule has 1 aliphatic heterocycles. The molecular formula is C12H15NO3. The van der Waals surface area contributed by atoms with Gasteiger partial charge in [-0.1, -0.05) is 30.3 Å². The summed E-state index contributed by atoms with van der Waals surface area (Å²) in [6.45, 7) is 2.13. The first-order valence-electron chi connectivity index (χ1n) is 5.34. The predicted molar refractivity (Wildman–Crippen MR) is 58.9 cm³/mol. The van der Waals surface area contributed by atoms with E-state index >= 15 is 0 Å². The van der Waals surface area contributed by atoms with E-state index in [-0.39, 0.29) is 5.92 Å². The molecule has 1 aromatic rings. The van der Waals surface area contributed by atoms with E-state index in [1.165, 1.54) is 5.56 Å². The first-order valence-corrected chi connectivity index (χ1v) is 5.34. The summed E-state index contributed by atoms with van der Waals surface area (Å²) in [5.74, 6) is -1.24. The van der Waals surface area contributed by atoms with Crippen LogP contribution in [-0.4, -0.2) is 40.3 Å². The van der Waals surface area contributed by atoms with E-state index in [0.717, 1.165) is 6.54 Å². The molecule has 0 bridgehead atoms. The molecule has 16 heavy (non-hydrogen) atoms. The number of carbonyl (C=O) groups is 1. The molecular weight excluding hydrogens is 206 g/mol. The van der Waals surface area contributed by atoms with Gasteiger partial charge >= 0.3 is 5.97 Å². The molecule has 2 rings (SSSR count). The van der Waals surface area contributed by atoms with Gasteiger partial charge in [-0.15, -0.1) is 0 Å². The molecule has 1 heterocycles. The molecule has 0 spiro atoms. The maximum atomic E-state index is 10.5. The second kappa shape index (κ2) is 4.63. The molecule has 4 nitrogen and oxygen atoms in total. The Kier molecular flexibility index (Phi) is 3.22. The summed E-state index contributed by atoms with van der Waals surface area (Å²) in [5, 5.41) is 17.9. The summed E-state index contributed by atoms with van der Waals surface area (Å²) in [4.78, 5) is 12.7. The van der Waals surface area contributed by atoms with Gasteiger partial charge in [0, 0.05) is 25.6 Å². The van der Waals surface area contributed by atoms with Gasteiger partial charge in [0.1, 0.15) is 0 Å². The molecule has 0 aromatic heterocycles. The Hall–Kier alpha value is -1.39. The van der Waals surface area contributed by atoms with Crippen LogP contribution in [0.25, 0.3) is 0 Å². The molecule has 1 aliphatic rings. The maximum Gasteiger partial charge on any atom is 0.332 e. The van der Waals surface area contributed by atoms with Crippen molar-refractivity contribution in [2.75, 3.05) is 13.1 Å². The fraction of sp³-hybridized carbons (Fsp3) is 0.417. The molecule has 0 radical (unpaired) electrons. The van der Waals surface area contributed by atoms with Crippen molar-refractivity contribution in [1.29, 1.82) is 0 Å². The Labute approximate surface area is 94.1 Å². The second-order valence-electron chi connectivity index (χ2n) is 4.22. The fourth-order valence-electron chi connectivity index (χ4n) is 1.98. The molecule has 86 valence electrons. The maximum absolute atomic E-state index is 10.5. The molecule has 1 fully saturated rings. The van der Waals surface area contributed by atoms with Gasteiger partial charge in [-0.25, -0.2) is 4.79 Å². The lowest BCUT2D eigenvalue weighted by Gasteiger charge is -2.40. The van der Waals surface area contributed by atoms with Gasteiger partial charge in [0.2, 0.25) is 0 Å². The van der Waals surface area contributed by atoms with Crippen molar-refractivity contribution in [3.05, 3.63) is 35.9 Å². The van der Waals surface area contributed by atoms with Crippen molar-refractivity contribution in [3.8, 4) is 0 Å². The third kappa shape index (κ3) is 2.40. The van der Waals surface area contributed by atoms with Crippen LogP contribution in [-0.2, 0) is 11.3 Å². The van der Waals surface area contributed by atoms with Gasteiger partial charge in [0.15, 0.2) is 6.10 Å². The number of aliphatic hydroxyl groups is 1. The van der Waals surface area contributed by atoms with Crippen molar-refractivity contribution in [2.24, 2.45) is 5.92 Å². The van der Waals surface area contributed by atoms with Gasteiger partial charge < -0.3 is 10.2 Å². The van der Waals surface area contributed by atoms with E-state index in [0.29, 0.717) is 13.1 Å². The topological polar surface area (TPSA) is 60.8 Å². The van der Waals surface area contributed by atoms with Crippen molar-refractivity contribution in [3.63, 3.8) is 0 Å². The third-order valence-corrected chi connectivity index (χ3v) is 2.93. The average Bonchev–Trinajstić information content (AvgIpc) is 2.23. The van der Waals surface area contributed by atoms with Crippen molar-refractivity contribution in [1.82, 2.24) is 4.90 Å². The SMILES string of the molecule is O=C(O)C(O)C1CN(Cc2ccccc2)C1. The number of carboxylic acid groups (broad SMARTS) is 1. The molecule has 0 saturated carbocycles. The number of benzene rings is 1. The minimum absolute atomic E-state index is 0.124. The van der Waals surface area contributed by atoms with Crippen molar-refractivity contribution >= 4 is 5.97 Å². The van der Waals surface area contributed by atoms with E-state index < -0.39 is 12.1 Å². The smallest absolute Gasteiger partial charge is 0.332 e. The number of likely N-dealkylation sites (tertiary alicyclic amines) is 1. The predicted octanol–water partition coefficient (Wildman–Crippen LogP) is 0.564. The van der Waals surface area contributed by atoms with Crippen LogP contribution in [0.5, 0.6) is 0 Å². The van der Waals surface area contributed by atoms with Crippen LogP contribution in [0.1, 0.15) is 5.56 Å². The van der Waals surface area contributed by atoms with Gasteiger partial charge in [0.25, 0.3) is 0 Å². The minimum atomic E-state index is -1.22. The average molecular weight is 221 g/mol. The Balaban J connectivity index is 1.79. The van der Waals surface area contributed by atoms with Crippen LogP contribution in [0, 0.1) is 5.92 Å². The largest absolute Gasteiger partial charge is 0.479 e. The Morgan fingerprint density at radius 2 is 2.00 bits per heavy atom. The summed E-state index contributed by atoms with van der Waals surface area (Å²) < 4.78 is 0. The second-order valence-corrected chi connectivity index (χ2v) is 4.22. The van der Waals surface area contributed by atoms with Crippen molar-refractivity contribution in [2.45, 2.75) is 12.6 Å². The fourth-order valence-corrected chi connectivity index (χ4v) is 1.98. The Morgan fingerprint density at radius 1 is 1.38 bits per heavy atom. The molecule has 0 amide bonds. The molecule has 0 aliphatic carbocycles. The van der Waals surface area contributed by atoms with E-state index in [2.05, 4.69) is 4.90 Å². The van der Waals surface area contributed by atoms with Crippen LogP contribution in [0.15, 0.2) is 30.3 Å². The molecule has 4 heteroatoms. The van der Waals surface area contributed by atoms with Crippen LogP contribution < -0.4 is 0 Å². The first-order chi connectivity index (χ1) is 7.66. The molecule has 1 saturated heterocycles. The zero-order chi connectivity index (χ0) is 11.5. The minimum Gasteiger partial charge on any atom is -0.479 e. The van der Waals surface area contributed by atoms with E-state index in [4.69, 9.17) is 5.11 Å². The van der Waals surface area contributed by atoms with E-state index in [1.807, 2.05) is 30.3 Å². The summed E-state index contributed by atoms with van der Waals surface area (Å²) >= 11 is 0. The molecule has 1 unspecified atom stereocenters. The summed E-state index contributed by atoms with van der Waals surface area (Å²) in [5.41, 5.74) is 1.21. The summed E-state index contributed by atoms with van der Waals surface area (Å²) in [6, 6.07) is 10.0. The van der Waals surface area contributed by atoms with Crippen molar-refractivity contribution < 1.29 is 15.0 Å². The lowest BCUT2D eigenvalue weighted by atomic mass is 9.93. The number of hydrogen-bond acceptors (Lipinski definition) is 3. The van der Waals surface area contributed by atoms with Crippen LogP contribution >= 0.6 is 0 Å². The summed E-state index contributed by atoms with van der Waals surface area (Å²) in [6.07, 6.45) is -1.22. The third-order valence-electron chi connectivity index (χ3n) is 2.93. The molecule has 1 aromatic carbocycles. The highest BCUT2D eigenvalue weighted by molar-refractivity contribution is 5.72. The van der Waals surface area contributed by atoms with Gasteiger partial charge in [-0.05, 0) is 5.56 Å². The number of aliphatic hydroxyl groups excluding tert-OH is 1. The highest BCUT2D eigenvalue weighted by atomic mass is 16.4. The quantitative estimate of drug-likeness (QED) is 0.780. The highest BCUT2D eigenvalue weighted by Crippen LogP contribution is 2.21. The number of hydrogen-bond donors (Lipinski definition) is 2. The highest BCUT2D eigenvalue weighted by Gasteiger charge is 2.35. The number of rotatable bonds is 4. The van der Waals surface area contributed by atoms with Gasteiger partial charge in [0.05, 0.1) is 0 Å². The zero-order valence-electron chi connectivity index (χ0n) is 8.91. The Morgan fingerprint density at radius 3 is 2.56 bits per heavy atom. The normalized spacial score (nSPS) is 19.1. The number of aliphatic carboxylic acids is 1. The van der Waals surface area contributed by atoms with Crippen LogP contribution in [0.2, 0.25) is 0 Å². The van der Waals surface area contributed by atoms with Gasteiger partial charge in [-0.3, -0.25) is 4.90 Å². The standard InChI is InChI=1S/C12H15NO3/c14-11(12(15)16)10-7-13(8-10)6-9-4-2-1-3-5-9/h1-5,10-11,14H,6-8H2,(H,15,16). The monoisotopic (exact) mass is 221 g/mol. The van der Waals surface area contributed by atoms with E-state index in [9.17, 15) is 9.90 Å². The lowest BCUT2D eigenvalue weighted by molar-refractivity contribution is -0.153. The first kappa shape index (κ1) is 11.1.